The van der Waals surface area contributed by atoms with Crippen LogP contribution in [0.25, 0.3) is 0 Å². The Morgan fingerprint density at radius 1 is 1.46 bits per heavy atom. The summed E-state index contributed by atoms with van der Waals surface area (Å²) in [5, 5.41) is 0. The van der Waals surface area contributed by atoms with Crippen LogP contribution in [0.15, 0.2) is 18.2 Å². The largest absolute Gasteiger partial charge is 0.496 e. The van der Waals surface area contributed by atoms with Gasteiger partial charge in [0.15, 0.2) is 0 Å². The maximum Gasteiger partial charge on any atom is 0.318 e. The average molecular weight is 178 g/mol. The predicted octanol–water partition coefficient (Wildman–Crippen LogP) is 1.72. The normalized spacial score (nSPS) is 19.5. The monoisotopic (exact) mass is 178 g/mol. The zero-order valence-electron chi connectivity index (χ0n) is 7.53. The van der Waals surface area contributed by atoms with Gasteiger partial charge in [-0.25, -0.2) is 0 Å². The highest BCUT2D eigenvalue weighted by molar-refractivity contribution is 5.86. The minimum Gasteiger partial charge on any atom is -0.496 e. The van der Waals surface area contributed by atoms with Crippen LogP contribution in [0.4, 0.5) is 0 Å². The second-order valence-electron chi connectivity index (χ2n) is 3.01. The number of fused-ring (bicyclic) bond motifs is 1. The summed E-state index contributed by atoms with van der Waals surface area (Å²) in [5.74, 6) is 0.915. The van der Waals surface area contributed by atoms with Crippen LogP contribution >= 0.6 is 0 Å². The van der Waals surface area contributed by atoms with E-state index in [2.05, 4.69) is 0 Å². The second-order valence-corrected chi connectivity index (χ2v) is 3.01. The molecule has 13 heavy (non-hydrogen) atoms. The molecular formula is C10H10O3. The Bertz CT molecular complexity index is 357. The number of hydrogen-bond acceptors (Lipinski definition) is 3. The van der Waals surface area contributed by atoms with Crippen molar-refractivity contribution in [3.05, 3.63) is 23.8 Å². The molecule has 1 unspecified atom stereocenters. The van der Waals surface area contributed by atoms with Gasteiger partial charge in [0, 0.05) is 0 Å². The molecule has 0 bridgehead atoms. The van der Waals surface area contributed by atoms with Gasteiger partial charge in [-0.3, -0.25) is 4.79 Å². The number of rotatable bonds is 1. The van der Waals surface area contributed by atoms with Crippen LogP contribution < -0.4 is 9.47 Å². The molecule has 3 heteroatoms. The van der Waals surface area contributed by atoms with Crippen LogP contribution in [-0.2, 0) is 4.79 Å². The summed E-state index contributed by atoms with van der Waals surface area (Å²) in [7, 11) is 1.59. The van der Waals surface area contributed by atoms with Crippen molar-refractivity contribution >= 4 is 5.97 Å². The molecule has 0 saturated carbocycles. The summed E-state index contributed by atoms with van der Waals surface area (Å²) in [6, 6.07) is 5.42. The molecule has 0 spiro atoms. The summed E-state index contributed by atoms with van der Waals surface area (Å²) in [6.07, 6.45) is 0. The third-order valence-electron chi connectivity index (χ3n) is 2.24. The van der Waals surface area contributed by atoms with Crippen LogP contribution in [0.2, 0.25) is 0 Å². The summed E-state index contributed by atoms with van der Waals surface area (Å²) in [6.45, 7) is 1.82. The number of hydrogen-bond donors (Lipinski definition) is 0. The summed E-state index contributed by atoms with van der Waals surface area (Å²) in [5.41, 5.74) is 0.856. The van der Waals surface area contributed by atoms with Gasteiger partial charge >= 0.3 is 5.97 Å². The van der Waals surface area contributed by atoms with E-state index in [1.165, 1.54) is 0 Å². The molecule has 0 fully saturated rings. The Kier molecular flexibility index (Phi) is 1.72. The van der Waals surface area contributed by atoms with Gasteiger partial charge in [0.25, 0.3) is 0 Å². The highest BCUT2D eigenvalue weighted by Gasteiger charge is 2.31. The van der Waals surface area contributed by atoms with Crippen LogP contribution in [0, 0.1) is 0 Å². The lowest BCUT2D eigenvalue weighted by molar-refractivity contribution is -0.133. The molecule has 0 aromatic heterocycles. The first-order valence-electron chi connectivity index (χ1n) is 4.12. The van der Waals surface area contributed by atoms with E-state index in [-0.39, 0.29) is 11.9 Å². The lowest BCUT2D eigenvalue weighted by Crippen LogP contribution is -2.06. The molecule has 1 aliphatic rings. The molecule has 0 aliphatic carbocycles. The Morgan fingerprint density at radius 2 is 2.23 bits per heavy atom. The standard InChI is InChI=1S/C10H10O3/c1-6-9-7(12-2)4-3-5-8(9)13-10(6)11/h3-6H,1-2H3. The van der Waals surface area contributed by atoms with Gasteiger partial charge in [0.1, 0.15) is 11.5 Å². The topological polar surface area (TPSA) is 35.5 Å². The lowest BCUT2D eigenvalue weighted by Gasteiger charge is -2.05. The predicted molar refractivity (Wildman–Crippen MR) is 47.0 cm³/mol. The number of carbonyl (C=O) groups excluding carboxylic acids is 1. The number of benzene rings is 1. The van der Waals surface area contributed by atoms with Crippen LogP contribution in [0.5, 0.6) is 11.5 Å². The Labute approximate surface area is 76.3 Å². The molecule has 0 amide bonds. The smallest absolute Gasteiger partial charge is 0.318 e. The average Bonchev–Trinajstić information content (AvgIpc) is 2.43. The molecule has 0 saturated heterocycles. The van der Waals surface area contributed by atoms with Crippen molar-refractivity contribution in [2.75, 3.05) is 7.11 Å². The van der Waals surface area contributed by atoms with E-state index in [0.717, 1.165) is 11.3 Å². The first-order chi connectivity index (χ1) is 6.24. The second kappa shape index (κ2) is 2.76. The minimum absolute atomic E-state index is 0.209. The van der Waals surface area contributed by atoms with Crippen molar-refractivity contribution < 1.29 is 14.3 Å². The molecule has 0 N–H and O–H groups in total. The third kappa shape index (κ3) is 1.08. The summed E-state index contributed by atoms with van der Waals surface area (Å²) >= 11 is 0. The zero-order valence-corrected chi connectivity index (χ0v) is 7.53. The minimum atomic E-state index is -0.217. The first-order valence-corrected chi connectivity index (χ1v) is 4.12. The fourth-order valence-corrected chi connectivity index (χ4v) is 1.53. The van der Waals surface area contributed by atoms with E-state index in [4.69, 9.17) is 9.47 Å². The lowest BCUT2D eigenvalue weighted by atomic mass is 10.0. The van der Waals surface area contributed by atoms with Gasteiger partial charge in [-0.2, -0.15) is 0 Å². The number of methoxy groups -OCH3 is 1. The SMILES string of the molecule is COc1cccc2c1C(C)C(=O)O2. The van der Waals surface area contributed by atoms with Crippen LogP contribution in [0.3, 0.4) is 0 Å². The fraction of sp³-hybridized carbons (Fsp3) is 0.300. The maximum absolute atomic E-state index is 11.2. The molecule has 1 atom stereocenters. The quantitative estimate of drug-likeness (QED) is 0.485. The number of esters is 1. The highest BCUT2D eigenvalue weighted by Crippen LogP contribution is 2.40. The van der Waals surface area contributed by atoms with Crippen molar-refractivity contribution in [1.29, 1.82) is 0 Å². The van der Waals surface area contributed by atoms with Gasteiger partial charge in [0.05, 0.1) is 18.6 Å². The Hall–Kier alpha value is -1.51. The number of ether oxygens (including phenoxy) is 2. The molecular weight excluding hydrogens is 168 g/mol. The van der Waals surface area contributed by atoms with Crippen molar-refractivity contribution in [2.45, 2.75) is 12.8 Å². The molecule has 1 aliphatic heterocycles. The van der Waals surface area contributed by atoms with E-state index >= 15 is 0 Å². The Morgan fingerprint density at radius 3 is 2.92 bits per heavy atom. The third-order valence-corrected chi connectivity index (χ3v) is 2.24. The molecule has 1 aromatic rings. The van der Waals surface area contributed by atoms with Crippen molar-refractivity contribution in [2.24, 2.45) is 0 Å². The van der Waals surface area contributed by atoms with Crippen LogP contribution in [-0.4, -0.2) is 13.1 Å². The van der Waals surface area contributed by atoms with Gasteiger partial charge in [0.2, 0.25) is 0 Å². The molecule has 2 rings (SSSR count). The van der Waals surface area contributed by atoms with Gasteiger partial charge < -0.3 is 9.47 Å². The molecule has 1 aromatic carbocycles. The van der Waals surface area contributed by atoms with Crippen molar-refractivity contribution in [3.8, 4) is 11.5 Å². The Balaban J connectivity index is 2.57. The van der Waals surface area contributed by atoms with Crippen molar-refractivity contribution in [3.63, 3.8) is 0 Å². The van der Waals surface area contributed by atoms with Crippen molar-refractivity contribution in [1.82, 2.24) is 0 Å². The van der Waals surface area contributed by atoms with E-state index in [0.29, 0.717) is 5.75 Å². The van der Waals surface area contributed by atoms with E-state index in [9.17, 15) is 4.79 Å². The van der Waals surface area contributed by atoms with Crippen LogP contribution in [0.1, 0.15) is 18.4 Å². The summed E-state index contributed by atoms with van der Waals surface area (Å²) in [4.78, 5) is 11.2. The fourth-order valence-electron chi connectivity index (χ4n) is 1.53. The van der Waals surface area contributed by atoms with E-state index in [1.807, 2.05) is 19.1 Å². The molecule has 3 nitrogen and oxygen atoms in total. The molecule has 68 valence electrons. The van der Waals surface area contributed by atoms with E-state index in [1.54, 1.807) is 13.2 Å². The summed E-state index contributed by atoms with van der Waals surface area (Å²) < 4.78 is 10.2. The zero-order chi connectivity index (χ0) is 9.42. The highest BCUT2D eigenvalue weighted by atomic mass is 16.5. The van der Waals surface area contributed by atoms with Gasteiger partial charge in [-0.15, -0.1) is 0 Å². The van der Waals surface area contributed by atoms with Gasteiger partial charge in [-0.05, 0) is 19.1 Å². The first kappa shape index (κ1) is 8.10. The van der Waals surface area contributed by atoms with Gasteiger partial charge in [-0.1, -0.05) is 6.07 Å². The molecule has 1 heterocycles. The number of carbonyl (C=O) groups is 1. The maximum atomic E-state index is 11.2. The molecule has 0 radical (unpaired) electrons. The van der Waals surface area contributed by atoms with E-state index < -0.39 is 0 Å².